The number of nitrogens with one attached hydrogen (secondary N) is 2. The van der Waals surface area contributed by atoms with Gasteiger partial charge in [-0.25, -0.2) is 23.8 Å². The fourth-order valence-corrected chi connectivity index (χ4v) is 4.93. The number of tetrazole rings is 1. The highest BCUT2D eigenvalue weighted by Crippen LogP contribution is 2.32. The molecular weight excluding hydrogens is 557 g/mol. The van der Waals surface area contributed by atoms with Crippen molar-refractivity contribution in [2.24, 2.45) is 5.92 Å². The summed E-state index contributed by atoms with van der Waals surface area (Å²) >= 11 is 0. The summed E-state index contributed by atoms with van der Waals surface area (Å²) in [6.45, 7) is 2.10. The lowest BCUT2D eigenvalue weighted by Gasteiger charge is -2.18. The van der Waals surface area contributed by atoms with Crippen LogP contribution in [0.1, 0.15) is 17.5 Å². The standard InChI is InChI=1S/C24H26FN9O5.CH2O2/c25-19-8-17(37-4-3-33-13-28-31-32-33)7-15-5-14(6-18(15)19)9-26-2-1-16-11-34(24(36)39-16)20-10-27-23-22(29-20)30-21(35)12-38-23;2-1-3/h7-8,10,13-14,16,26H,1-6,9,11-12H2,(H,29,30,35);1H,(H,2,3). The van der Waals surface area contributed by atoms with E-state index in [2.05, 4.69) is 36.1 Å². The van der Waals surface area contributed by atoms with Gasteiger partial charge in [0.2, 0.25) is 0 Å². The average molecular weight is 586 g/mol. The fraction of sp³-hybridized carbons (Fsp3) is 0.440. The monoisotopic (exact) mass is 585 g/mol. The van der Waals surface area contributed by atoms with E-state index in [9.17, 15) is 14.0 Å². The van der Waals surface area contributed by atoms with Gasteiger partial charge in [0.25, 0.3) is 18.3 Å². The zero-order valence-corrected chi connectivity index (χ0v) is 22.3. The van der Waals surface area contributed by atoms with Crippen molar-refractivity contribution >= 4 is 30.1 Å². The first-order chi connectivity index (χ1) is 20.4. The predicted molar refractivity (Wildman–Crippen MR) is 141 cm³/mol. The molecule has 2 aromatic heterocycles. The summed E-state index contributed by atoms with van der Waals surface area (Å²) in [4.78, 5) is 42.1. The molecule has 42 heavy (non-hydrogen) atoms. The van der Waals surface area contributed by atoms with Crippen molar-refractivity contribution in [3.05, 3.63) is 41.6 Å². The van der Waals surface area contributed by atoms with E-state index in [-0.39, 0.29) is 54.3 Å². The van der Waals surface area contributed by atoms with Gasteiger partial charge in [0.1, 0.15) is 30.6 Å². The molecule has 4 heterocycles. The van der Waals surface area contributed by atoms with E-state index in [1.807, 2.05) is 6.07 Å². The third kappa shape index (κ3) is 6.85. The molecule has 3 N–H and O–H groups in total. The summed E-state index contributed by atoms with van der Waals surface area (Å²) in [5, 5.41) is 23.8. The maximum absolute atomic E-state index is 14.7. The first kappa shape index (κ1) is 28.6. The Bertz CT molecular complexity index is 1430. The van der Waals surface area contributed by atoms with E-state index in [4.69, 9.17) is 24.1 Å². The molecule has 0 spiro atoms. The molecule has 2 atom stereocenters. The molecule has 1 saturated heterocycles. The van der Waals surface area contributed by atoms with Gasteiger partial charge < -0.3 is 30.0 Å². The summed E-state index contributed by atoms with van der Waals surface area (Å²) in [6, 6.07) is 3.34. The molecule has 2 unspecified atom stereocenters. The number of halogens is 1. The molecule has 3 aromatic rings. The number of ether oxygens (including phenoxy) is 3. The Morgan fingerprint density at radius 3 is 2.95 bits per heavy atom. The molecule has 0 bridgehead atoms. The smallest absolute Gasteiger partial charge is 0.415 e. The Balaban J connectivity index is 0.00000113. The van der Waals surface area contributed by atoms with Gasteiger partial charge in [-0.05, 0) is 65.9 Å². The van der Waals surface area contributed by atoms with Crippen LogP contribution in [-0.2, 0) is 33.7 Å². The number of carboxylic acid groups (broad SMARTS) is 1. The number of amides is 2. The number of rotatable bonds is 10. The Morgan fingerprint density at radius 1 is 1.29 bits per heavy atom. The number of nitrogens with zero attached hydrogens (tertiary/aromatic N) is 7. The number of benzene rings is 1. The summed E-state index contributed by atoms with van der Waals surface area (Å²) in [7, 11) is 0. The molecule has 0 saturated carbocycles. The van der Waals surface area contributed by atoms with E-state index in [0.29, 0.717) is 51.4 Å². The summed E-state index contributed by atoms with van der Waals surface area (Å²) in [5.74, 6) is 0.854. The highest BCUT2D eigenvalue weighted by molar-refractivity contribution is 5.94. The van der Waals surface area contributed by atoms with Crippen LogP contribution in [0.25, 0.3) is 0 Å². The van der Waals surface area contributed by atoms with Crippen LogP contribution in [0, 0.1) is 11.7 Å². The summed E-state index contributed by atoms with van der Waals surface area (Å²) in [5.41, 5.74) is 1.70. The van der Waals surface area contributed by atoms with Crippen molar-refractivity contribution in [3.8, 4) is 11.6 Å². The molecule has 3 aliphatic rings. The number of aromatic nitrogens is 6. The lowest BCUT2D eigenvalue weighted by Crippen LogP contribution is -2.30. The van der Waals surface area contributed by atoms with Gasteiger partial charge >= 0.3 is 6.09 Å². The van der Waals surface area contributed by atoms with Gasteiger partial charge in [0.05, 0.1) is 19.3 Å². The Morgan fingerprint density at radius 2 is 2.14 bits per heavy atom. The number of cyclic esters (lactones) is 1. The quantitative estimate of drug-likeness (QED) is 0.219. The molecular formula is C25H28FN9O7. The third-order valence-corrected chi connectivity index (χ3v) is 6.79. The molecule has 1 aromatic carbocycles. The van der Waals surface area contributed by atoms with Crippen molar-refractivity contribution in [1.29, 1.82) is 0 Å². The van der Waals surface area contributed by atoms with Crippen LogP contribution in [0.2, 0.25) is 0 Å². The Kier molecular flexibility index (Phi) is 8.96. The van der Waals surface area contributed by atoms with Crippen LogP contribution in [0.3, 0.4) is 0 Å². The number of hydrogen-bond donors (Lipinski definition) is 3. The predicted octanol–water partition coefficient (Wildman–Crippen LogP) is 0.433. The van der Waals surface area contributed by atoms with E-state index in [1.54, 1.807) is 4.68 Å². The Hall–Kier alpha value is -4.93. The number of fused-ring (bicyclic) bond motifs is 2. The molecule has 6 rings (SSSR count). The molecule has 1 fully saturated rings. The molecule has 0 radical (unpaired) electrons. The van der Waals surface area contributed by atoms with Gasteiger partial charge in [0, 0.05) is 6.07 Å². The highest BCUT2D eigenvalue weighted by atomic mass is 19.1. The molecule has 17 heteroatoms. The van der Waals surface area contributed by atoms with Crippen molar-refractivity contribution < 1.29 is 38.1 Å². The first-order valence-corrected chi connectivity index (χ1v) is 13.1. The van der Waals surface area contributed by atoms with Crippen LogP contribution >= 0.6 is 0 Å². The number of carbonyl (C=O) groups excluding carboxylic acids is 2. The van der Waals surface area contributed by atoms with Crippen LogP contribution in [0.15, 0.2) is 24.7 Å². The lowest BCUT2D eigenvalue weighted by molar-refractivity contribution is -0.123. The second kappa shape index (κ2) is 13.2. The number of anilines is 2. The zero-order chi connectivity index (χ0) is 29.5. The minimum absolute atomic E-state index is 0.122. The molecule has 1 aliphatic carbocycles. The second-order valence-electron chi connectivity index (χ2n) is 9.67. The van der Waals surface area contributed by atoms with Crippen LogP contribution in [0.4, 0.5) is 20.8 Å². The van der Waals surface area contributed by atoms with E-state index in [0.717, 1.165) is 17.5 Å². The van der Waals surface area contributed by atoms with Gasteiger partial charge in [-0.15, -0.1) is 5.10 Å². The van der Waals surface area contributed by atoms with Gasteiger partial charge in [0.15, 0.2) is 18.2 Å². The summed E-state index contributed by atoms with van der Waals surface area (Å²) < 4.78 is 32.7. The normalized spacial score (nSPS) is 18.6. The van der Waals surface area contributed by atoms with Crippen molar-refractivity contribution in [3.63, 3.8) is 0 Å². The zero-order valence-electron chi connectivity index (χ0n) is 22.3. The average Bonchev–Trinajstić information content (AvgIpc) is 3.72. The maximum atomic E-state index is 14.7. The largest absolute Gasteiger partial charge is 0.492 e. The first-order valence-electron chi connectivity index (χ1n) is 13.1. The maximum Gasteiger partial charge on any atom is 0.415 e. The molecule has 16 nitrogen and oxygen atoms in total. The minimum Gasteiger partial charge on any atom is -0.492 e. The van der Waals surface area contributed by atoms with E-state index < -0.39 is 6.09 Å². The second-order valence-corrected chi connectivity index (χ2v) is 9.67. The van der Waals surface area contributed by atoms with Crippen molar-refractivity contribution in [2.45, 2.75) is 31.9 Å². The number of hydrogen-bond acceptors (Lipinski definition) is 12. The fourth-order valence-electron chi connectivity index (χ4n) is 4.93. The molecule has 2 aliphatic heterocycles. The van der Waals surface area contributed by atoms with Crippen molar-refractivity contribution in [1.82, 2.24) is 35.5 Å². The molecule has 222 valence electrons. The Labute approximate surface area is 238 Å². The topological polar surface area (TPSA) is 196 Å². The lowest BCUT2D eigenvalue weighted by atomic mass is 10.1. The van der Waals surface area contributed by atoms with Crippen LogP contribution in [-0.4, -0.2) is 92.7 Å². The van der Waals surface area contributed by atoms with Gasteiger partial charge in [-0.2, -0.15) is 0 Å². The highest BCUT2D eigenvalue weighted by Gasteiger charge is 2.34. The van der Waals surface area contributed by atoms with E-state index in [1.165, 1.54) is 23.5 Å². The van der Waals surface area contributed by atoms with Gasteiger partial charge in [-0.3, -0.25) is 14.5 Å². The number of carbonyl (C=O) groups is 3. The van der Waals surface area contributed by atoms with Gasteiger partial charge in [-0.1, -0.05) is 0 Å². The minimum atomic E-state index is -0.519. The van der Waals surface area contributed by atoms with Crippen molar-refractivity contribution in [2.75, 3.05) is 43.1 Å². The SMILES string of the molecule is O=C1COc2ncc(N3CC(CCNCC4Cc5cc(OCCn6cnnn6)cc(F)c5C4)OC3=O)nc2N1.O=CO. The van der Waals surface area contributed by atoms with E-state index >= 15 is 0 Å². The van der Waals surface area contributed by atoms with Crippen LogP contribution in [0.5, 0.6) is 11.6 Å². The summed E-state index contributed by atoms with van der Waals surface area (Å²) in [6.07, 6.45) is 4.09. The molecule has 2 amide bonds. The van der Waals surface area contributed by atoms with Crippen LogP contribution < -0.4 is 25.0 Å². The third-order valence-electron chi connectivity index (χ3n) is 6.79.